The summed E-state index contributed by atoms with van der Waals surface area (Å²) in [6, 6.07) is 5.99. The molecule has 0 saturated carbocycles. The predicted molar refractivity (Wildman–Crippen MR) is 98.1 cm³/mol. The summed E-state index contributed by atoms with van der Waals surface area (Å²) >= 11 is 0. The smallest absolute Gasteiger partial charge is 0.323 e. The Labute approximate surface area is 151 Å². The second-order valence-corrected chi connectivity index (χ2v) is 6.84. The molecule has 0 radical (unpaired) electrons. The van der Waals surface area contributed by atoms with Gasteiger partial charge in [-0.15, -0.1) is 0 Å². The third kappa shape index (κ3) is 17.1. The van der Waals surface area contributed by atoms with Crippen molar-refractivity contribution in [2.75, 3.05) is 14.1 Å². The predicted octanol–water partition coefficient (Wildman–Crippen LogP) is 3.44. The van der Waals surface area contributed by atoms with E-state index in [0.717, 1.165) is 24.8 Å². The average molecular weight is 378 g/mol. The lowest BCUT2D eigenvalue weighted by atomic mass is 10.1. The second kappa shape index (κ2) is 16.0. The summed E-state index contributed by atoms with van der Waals surface area (Å²) in [6.07, 6.45) is 5.77. The van der Waals surface area contributed by atoms with Gasteiger partial charge in [-0.1, -0.05) is 50.3 Å². The first-order chi connectivity index (χ1) is 11.7. The Kier molecular flexibility index (Phi) is 16.5. The highest BCUT2D eigenvalue weighted by Gasteiger charge is 2.06. The molecule has 1 rings (SSSR count). The molecule has 0 bridgehead atoms. The summed E-state index contributed by atoms with van der Waals surface area (Å²) in [6.45, 7) is 3.98. The zero-order valence-electron chi connectivity index (χ0n) is 15.5. The number of hydrogen-bond donors (Lipinski definition) is 3. The van der Waals surface area contributed by atoms with Crippen LogP contribution in [0.5, 0.6) is 0 Å². The van der Waals surface area contributed by atoms with Gasteiger partial charge in [0.05, 0.1) is 4.90 Å². The quantitative estimate of drug-likeness (QED) is 0.289. The van der Waals surface area contributed by atoms with E-state index >= 15 is 0 Å². The number of rotatable bonds is 7. The maximum Gasteiger partial charge on any atom is 0.342 e. The van der Waals surface area contributed by atoms with Crippen LogP contribution >= 0.6 is 0 Å². The monoisotopic (exact) mass is 377 g/mol. The third-order valence-electron chi connectivity index (χ3n) is 2.91. The summed E-state index contributed by atoms with van der Waals surface area (Å²) in [5.74, 6) is -0.526. The number of unbranched alkanes of at least 4 members (excludes halogenated alkanes) is 4. The van der Waals surface area contributed by atoms with Gasteiger partial charge in [-0.05, 0) is 39.6 Å². The van der Waals surface area contributed by atoms with Gasteiger partial charge in [0.15, 0.2) is 0 Å². The maximum absolute atomic E-state index is 10.5. The van der Waals surface area contributed by atoms with Crippen LogP contribution in [-0.2, 0) is 19.8 Å². The lowest BCUT2D eigenvalue weighted by Crippen LogP contribution is -1.99. The van der Waals surface area contributed by atoms with Crippen molar-refractivity contribution < 1.29 is 27.9 Å². The molecule has 0 heterocycles. The third-order valence-corrected chi connectivity index (χ3v) is 3.77. The van der Waals surface area contributed by atoms with Crippen LogP contribution in [0.25, 0.3) is 0 Å². The molecule has 0 fully saturated rings. The molecular formula is C17H31NO6S. The van der Waals surface area contributed by atoms with Crippen LogP contribution in [0.15, 0.2) is 29.2 Å². The molecule has 0 atom stereocenters. The van der Waals surface area contributed by atoms with E-state index in [-0.39, 0.29) is 4.90 Å². The Balaban J connectivity index is 0. The molecule has 146 valence electrons. The van der Waals surface area contributed by atoms with Crippen LogP contribution in [0.2, 0.25) is 0 Å². The van der Waals surface area contributed by atoms with Crippen molar-refractivity contribution in [1.82, 2.24) is 5.32 Å². The molecule has 0 aromatic heterocycles. The summed E-state index contributed by atoms with van der Waals surface area (Å²) in [7, 11) is -0.270. The van der Waals surface area contributed by atoms with Crippen LogP contribution in [0.1, 0.15) is 51.0 Å². The fraction of sp³-hybridized carbons (Fsp3) is 0.588. The number of hydrogen-bond acceptors (Lipinski definition) is 6. The number of nitrogens with one attached hydrogen (secondary N) is 1. The largest absolute Gasteiger partial charge is 0.342 e. The molecule has 0 aliphatic rings. The number of carbonyl (C=O) groups excluding carboxylic acids is 1. The first-order valence-electron chi connectivity index (χ1n) is 8.19. The zero-order chi connectivity index (χ0) is 19.7. The van der Waals surface area contributed by atoms with Crippen LogP contribution in [0, 0.1) is 6.92 Å². The average Bonchev–Trinajstić information content (AvgIpc) is 2.55. The Morgan fingerprint density at radius 3 is 1.96 bits per heavy atom. The lowest BCUT2D eigenvalue weighted by molar-refractivity contribution is -0.234. The van der Waals surface area contributed by atoms with E-state index in [2.05, 4.69) is 17.1 Å². The topological polar surface area (TPSA) is 113 Å². The molecule has 0 unspecified atom stereocenters. The van der Waals surface area contributed by atoms with Crippen molar-refractivity contribution in [1.29, 1.82) is 0 Å². The molecule has 8 heteroatoms. The Morgan fingerprint density at radius 2 is 1.56 bits per heavy atom. The summed E-state index contributed by atoms with van der Waals surface area (Å²) < 4.78 is 29.6. The minimum atomic E-state index is -4.02. The van der Waals surface area contributed by atoms with Gasteiger partial charge in [-0.3, -0.25) is 4.55 Å². The number of benzene rings is 1. The molecule has 0 spiro atoms. The molecule has 0 aliphatic heterocycles. The first-order valence-corrected chi connectivity index (χ1v) is 9.63. The van der Waals surface area contributed by atoms with E-state index in [0.29, 0.717) is 6.42 Å². The molecule has 0 aliphatic carbocycles. The second-order valence-electron chi connectivity index (χ2n) is 5.42. The molecule has 0 amide bonds. The number of aryl methyl sites for hydroxylation is 1. The van der Waals surface area contributed by atoms with E-state index in [1.54, 1.807) is 12.1 Å². The van der Waals surface area contributed by atoms with Crippen molar-refractivity contribution in [3.8, 4) is 0 Å². The zero-order valence-corrected chi connectivity index (χ0v) is 16.3. The van der Waals surface area contributed by atoms with Gasteiger partial charge in [0.25, 0.3) is 10.1 Å². The van der Waals surface area contributed by atoms with Crippen molar-refractivity contribution >= 4 is 16.1 Å². The Morgan fingerprint density at radius 1 is 1.08 bits per heavy atom. The molecule has 1 aromatic rings. The first kappa shape index (κ1) is 25.8. The Hall–Kier alpha value is -1.48. The summed E-state index contributed by atoms with van der Waals surface area (Å²) in [5, 5.41) is 10.6. The van der Waals surface area contributed by atoms with Crippen molar-refractivity contribution in [3.63, 3.8) is 0 Å². The van der Waals surface area contributed by atoms with E-state index in [9.17, 15) is 13.2 Å². The van der Waals surface area contributed by atoms with Crippen LogP contribution < -0.4 is 5.32 Å². The highest BCUT2D eigenvalue weighted by molar-refractivity contribution is 7.85. The van der Waals surface area contributed by atoms with Crippen molar-refractivity contribution in [3.05, 3.63) is 29.8 Å². The van der Waals surface area contributed by atoms with Gasteiger partial charge >= 0.3 is 5.97 Å². The fourth-order valence-electron chi connectivity index (χ4n) is 1.63. The lowest BCUT2D eigenvalue weighted by Gasteiger charge is -1.96. The fourth-order valence-corrected chi connectivity index (χ4v) is 2.11. The van der Waals surface area contributed by atoms with E-state index < -0.39 is 16.1 Å². The SMILES string of the molecule is CCCCCCCC(=O)OO.CNC.Cc1ccc(S(=O)(=O)O)cc1. The van der Waals surface area contributed by atoms with Gasteiger partial charge in [0.2, 0.25) is 0 Å². The molecule has 1 aromatic carbocycles. The maximum atomic E-state index is 10.5. The van der Waals surface area contributed by atoms with E-state index in [1.165, 1.54) is 25.0 Å². The van der Waals surface area contributed by atoms with Gasteiger partial charge in [0, 0.05) is 6.42 Å². The molecule has 25 heavy (non-hydrogen) atoms. The normalized spacial score (nSPS) is 10.0. The van der Waals surface area contributed by atoms with E-state index in [4.69, 9.17) is 9.81 Å². The minimum absolute atomic E-state index is 0.0666. The Bertz CT molecular complexity index is 543. The van der Waals surface area contributed by atoms with Crippen LogP contribution in [0.4, 0.5) is 0 Å². The van der Waals surface area contributed by atoms with Crippen molar-refractivity contribution in [2.45, 2.75) is 57.3 Å². The summed E-state index contributed by atoms with van der Waals surface area (Å²) in [4.78, 5) is 13.8. The van der Waals surface area contributed by atoms with Gasteiger partial charge in [-0.2, -0.15) is 13.7 Å². The highest BCUT2D eigenvalue weighted by atomic mass is 32.2. The van der Waals surface area contributed by atoms with Gasteiger partial charge in [0.1, 0.15) is 0 Å². The standard InChI is InChI=1S/C8H16O3.C7H8O3S.C2H7N/c1-2-3-4-5-6-7-8(9)11-10;1-6-2-4-7(5-3-6)11(8,9)10;1-3-2/h10H,2-7H2,1H3;2-5H,1H3,(H,8,9,10);3H,1-2H3. The van der Waals surface area contributed by atoms with Crippen molar-refractivity contribution in [2.24, 2.45) is 0 Å². The molecule has 3 N–H and O–H groups in total. The number of carbonyl (C=O) groups is 1. The van der Waals surface area contributed by atoms with Gasteiger partial charge in [-0.25, -0.2) is 4.79 Å². The molecule has 7 nitrogen and oxygen atoms in total. The highest BCUT2D eigenvalue weighted by Crippen LogP contribution is 2.08. The van der Waals surface area contributed by atoms with E-state index in [1.807, 2.05) is 21.0 Å². The van der Waals surface area contributed by atoms with Crippen LogP contribution in [0.3, 0.4) is 0 Å². The molecular weight excluding hydrogens is 346 g/mol. The summed E-state index contributed by atoms with van der Waals surface area (Å²) in [5.41, 5.74) is 0.956. The molecule has 0 saturated heterocycles. The van der Waals surface area contributed by atoms with Crippen LogP contribution in [-0.4, -0.2) is 38.3 Å². The van der Waals surface area contributed by atoms with Gasteiger partial charge < -0.3 is 10.2 Å². The minimum Gasteiger partial charge on any atom is -0.323 e.